The second kappa shape index (κ2) is 6.68. The number of hydrogen-bond acceptors (Lipinski definition) is 4. The average molecular weight is 271 g/mol. The molecule has 104 valence electrons. The molecule has 1 amide bonds. The molecule has 0 aliphatic rings. The highest BCUT2D eigenvalue weighted by Crippen LogP contribution is 2.20. The number of aliphatic hydroxyl groups is 1. The topological polar surface area (TPSA) is 74.2 Å². The van der Waals surface area contributed by atoms with Crippen molar-refractivity contribution in [3.05, 3.63) is 48.2 Å². The molecule has 0 unspecified atom stereocenters. The van der Waals surface area contributed by atoms with Gasteiger partial charge in [-0.1, -0.05) is 12.1 Å². The Labute approximate surface area is 117 Å². The summed E-state index contributed by atoms with van der Waals surface area (Å²) in [7, 11) is 1.82. The zero-order chi connectivity index (χ0) is 14.4. The summed E-state index contributed by atoms with van der Waals surface area (Å²) in [6.07, 6.45) is 1.78. The molecule has 1 aromatic heterocycles. The summed E-state index contributed by atoms with van der Waals surface area (Å²) < 4.78 is 0. The summed E-state index contributed by atoms with van der Waals surface area (Å²) in [5, 5.41) is 14.2. The Morgan fingerprint density at radius 2 is 1.85 bits per heavy atom. The van der Waals surface area contributed by atoms with E-state index in [0.29, 0.717) is 5.56 Å². The van der Waals surface area contributed by atoms with Gasteiger partial charge in [0.15, 0.2) is 0 Å². The molecular formula is C15H17N3O2. The number of pyridine rings is 1. The lowest BCUT2D eigenvalue weighted by Gasteiger charge is -2.06. The van der Waals surface area contributed by atoms with E-state index in [2.05, 4.69) is 15.6 Å². The van der Waals surface area contributed by atoms with E-state index in [1.54, 1.807) is 18.3 Å². The summed E-state index contributed by atoms with van der Waals surface area (Å²) >= 11 is 0. The lowest BCUT2D eigenvalue weighted by atomic mass is 10.1. The van der Waals surface area contributed by atoms with Crippen LogP contribution in [0.15, 0.2) is 42.6 Å². The van der Waals surface area contributed by atoms with Crippen molar-refractivity contribution in [2.24, 2.45) is 0 Å². The zero-order valence-corrected chi connectivity index (χ0v) is 11.3. The van der Waals surface area contributed by atoms with Crippen molar-refractivity contribution in [3.8, 4) is 11.1 Å². The van der Waals surface area contributed by atoms with E-state index in [1.807, 2.05) is 31.3 Å². The fourth-order valence-electron chi connectivity index (χ4n) is 1.80. The molecular weight excluding hydrogens is 254 g/mol. The monoisotopic (exact) mass is 271 g/mol. The second-order valence-corrected chi connectivity index (χ2v) is 4.24. The Morgan fingerprint density at radius 1 is 1.15 bits per heavy atom. The maximum atomic E-state index is 11.7. The summed E-state index contributed by atoms with van der Waals surface area (Å²) in [6.45, 7) is 0.198. The van der Waals surface area contributed by atoms with Gasteiger partial charge < -0.3 is 15.7 Å². The first-order valence-electron chi connectivity index (χ1n) is 6.38. The molecule has 0 saturated heterocycles. The van der Waals surface area contributed by atoms with Crippen LogP contribution in [0.25, 0.3) is 11.1 Å². The maximum Gasteiger partial charge on any atom is 0.251 e. The van der Waals surface area contributed by atoms with E-state index in [4.69, 9.17) is 5.11 Å². The number of carbonyl (C=O) groups is 1. The van der Waals surface area contributed by atoms with Crippen molar-refractivity contribution in [1.82, 2.24) is 10.3 Å². The van der Waals surface area contributed by atoms with E-state index in [-0.39, 0.29) is 19.1 Å². The van der Waals surface area contributed by atoms with Crippen LogP contribution >= 0.6 is 0 Å². The molecule has 0 spiro atoms. The van der Waals surface area contributed by atoms with Gasteiger partial charge in [0, 0.05) is 30.9 Å². The number of anilines is 1. The van der Waals surface area contributed by atoms with E-state index in [0.717, 1.165) is 16.9 Å². The molecule has 5 nitrogen and oxygen atoms in total. The molecule has 0 saturated carbocycles. The van der Waals surface area contributed by atoms with Crippen molar-refractivity contribution >= 4 is 11.7 Å². The SMILES string of the molecule is CNc1ccc(-c2ccc(C(=O)NCCO)cc2)cn1. The van der Waals surface area contributed by atoms with Gasteiger partial charge in [-0.2, -0.15) is 0 Å². The lowest BCUT2D eigenvalue weighted by molar-refractivity contribution is 0.0945. The molecule has 0 fully saturated rings. The first-order chi connectivity index (χ1) is 9.74. The Balaban J connectivity index is 2.12. The van der Waals surface area contributed by atoms with Gasteiger partial charge in [-0.25, -0.2) is 4.98 Å². The van der Waals surface area contributed by atoms with Crippen LogP contribution in [0, 0.1) is 0 Å². The summed E-state index contributed by atoms with van der Waals surface area (Å²) in [6, 6.07) is 11.1. The number of hydrogen-bond donors (Lipinski definition) is 3. The predicted octanol–water partition coefficient (Wildman–Crippen LogP) is 1.51. The Hall–Kier alpha value is -2.40. The molecule has 20 heavy (non-hydrogen) atoms. The highest BCUT2D eigenvalue weighted by Gasteiger charge is 2.05. The van der Waals surface area contributed by atoms with Crippen LogP contribution in [-0.4, -0.2) is 36.2 Å². The molecule has 2 aromatic rings. The van der Waals surface area contributed by atoms with Crippen LogP contribution in [0.5, 0.6) is 0 Å². The number of aliphatic hydroxyl groups excluding tert-OH is 1. The molecule has 2 rings (SSSR count). The fourth-order valence-corrected chi connectivity index (χ4v) is 1.80. The maximum absolute atomic E-state index is 11.7. The zero-order valence-electron chi connectivity index (χ0n) is 11.3. The molecule has 0 aliphatic heterocycles. The number of carbonyl (C=O) groups excluding carboxylic acids is 1. The third kappa shape index (κ3) is 3.33. The minimum atomic E-state index is -0.186. The fraction of sp³-hybridized carbons (Fsp3) is 0.200. The summed E-state index contributed by atoms with van der Waals surface area (Å²) in [4.78, 5) is 15.9. The van der Waals surface area contributed by atoms with E-state index in [9.17, 15) is 4.79 Å². The van der Waals surface area contributed by atoms with E-state index < -0.39 is 0 Å². The number of nitrogens with zero attached hydrogens (tertiary/aromatic N) is 1. The average Bonchev–Trinajstić information content (AvgIpc) is 2.53. The minimum absolute atomic E-state index is 0.0622. The molecule has 0 radical (unpaired) electrons. The highest BCUT2D eigenvalue weighted by molar-refractivity contribution is 5.94. The van der Waals surface area contributed by atoms with E-state index >= 15 is 0 Å². The quantitative estimate of drug-likeness (QED) is 0.770. The van der Waals surface area contributed by atoms with Crippen LogP contribution in [-0.2, 0) is 0 Å². The number of amides is 1. The standard InChI is InChI=1S/C15H17N3O2/c1-16-14-7-6-13(10-18-14)11-2-4-12(5-3-11)15(20)17-8-9-19/h2-7,10,19H,8-9H2,1H3,(H,16,18)(H,17,20). The number of benzene rings is 1. The number of aromatic nitrogens is 1. The van der Waals surface area contributed by atoms with Gasteiger partial charge in [0.1, 0.15) is 5.82 Å². The number of nitrogens with one attached hydrogen (secondary N) is 2. The van der Waals surface area contributed by atoms with Gasteiger partial charge in [-0.3, -0.25) is 4.79 Å². The second-order valence-electron chi connectivity index (χ2n) is 4.24. The first-order valence-corrected chi connectivity index (χ1v) is 6.38. The molecule has 0 aliphatic carbocycles. The van der Waals surface area contributed by atoms with Crippen LogP contribution in [0.3, 0.4) is 0 Å². The predicted molar refractivity (Wildman–Crippen MR) is 78.6 cm³/mol. The van der Waals surface area contributed by atoms with E-state index in [1.165, 1.54) is 0 Å². The van der Waals surface area contributed by atoms with Gasteiger partial charge in [0.25, 0.3) is 5.91 Å². The highest BCUT2D eigenvalue weighted by atomic mass is 16.3. The number of rotatable bonds is 5. The van der Waals surface area contributed by atoms with Crippen molar-refractivity contribution in [2.75, 3.05) is 25.5 Å². The molecule has 5 heteroatoms. The van der Waals surface area contributed by atoms with Gasteiger partial charge in [-0.05, 0) is 29.8 Å². The lowest BCUT2D eigenvalue weighted by Crippen LogP contribution is -2.26. The van der Waals surface area contributed by atoms with Gasteiger partial charge >= 0.3 is 0 Å². The Morgan fingerprint density at radius 3 is 2.40 bits per heavy atom. The Kier molecular flexibility index (Phi) is 4.68. The van der Waals surface area contributed by atoms with Crippen LogP contribution in [0.4, 0.5) is 5.82 Å². The molecule has 1 heterocycles. The normalized spacial score (nSPS) is 10.1. The largest absolute Gasteiger partial charge is 0.395 e. The summed E-state index contributed by atoms with van der Waals surface area (Å²) in [5.74, 6) is 0.628. The van der Waals surface area contributed by atoms with Crippen LogP contribution in [0.2, 0.25) is 0 Å². The van der Waals surface area contributed by atoms with Gasteiger partial charge in [0.05, 0.1) is 6.61 Å². The van der Waals surface area contributed by atoms with Crippen LogP contribution < -0.4 is 10.6 Å². The smallest absolute Gasteiger partial charge is 0.251 e. The first kappa shape index (κ1) is 14.0. The third-order valence-electron chi connectivity index (χ3n) is 2.90. The third-order valence-corrected chi connectivity index (χ3v) is 2.90. The Bertz CT molecular complexity index is 565. The molecule has 1 aromatic carbocycles. The molecule has 0 atom stereocenters. The van der Waals surface area contributed by atoms with Gasteiger partial charge in [-0.15, -0.1) is 0 Å². The van der Waals surface area contributed by atoms with Crippen molar-refractivity contribution in [2.45, 2.75) is 0 Å². The molecule has 0 bridgehead atoms. The minimum Gasteiger partial charge on any atom is -0.395 e. The van der Waals surface area contributed by atoms with Crippen LogP contribution in [0.1, 0.15) is 10.4 Å². The van der Waals surface area contributed by atoms with Gasteiger partial charge in [0.2, 0.25) is 0 Å². The van der Waals surface area contributed by atoms with Crippen molar-refractivity contribution in [1.29, 1.82) is 0 Å². The summed E-state index contributed by atoms with van der Waals surface area (Å²) in [5.41, 5.74) is 2.56. The van der Waals surface area contributed by atoms with Crippen molar-refractivity contribution < 1.29 is 9.90 Å². The van der Waals surface area contributed by atoms with Crippen molar-refractivity contribution in [3.63, 3.8) is 0 Å². The molecule has 3 N–H and O–H groups in total.